The van der Waals surface area contributed by atoms with Gasteiger partial charge in [0.05, 0.1) is 13.5 Å². The Morgan fingerprint density at radius 2 is 1.94 bits per heavy atom. The summed E-state index contributed by atoms with van der Waals surface area (Å²) in [7, 11) is 3.05. The van der Waals surface area contributed by atoms with Gasteiger partial charge in [0.2, 0.25) is 16.9 Å². The molecule has 1 unspecified atom stereocenters. The third-order valence-electron chi connectivity index (χ3n) is 6.36. The molecule has 1 saturated heterocycles. The molecule has 1 amide bonds. The first-order chi connectivity index (χ1) is 17.4. The van der Waals surface area contributed by atoms with Crippen LogP contribution in [0.5, 0.6) is 5.88 Å². The predicted molar refractivity (Wildman–Crippen MR) is 135 cm³/mol. The van der Waals surface area contributed by atoms with Crippen LogP contribution in [0.1, 0.15) is 25.7 Å². The highest BCUT2D eigenvalue weighted by molar-refractivity contribution is 7.14. The number of aliphatic carboxylic acids is 1. The number of thiazole rings is 1. The molecule has 0 spiro atoms. The number of carbonyl (C=O) groups is 2. The van der Waals surface area contributed by atoms with Crippen LogP contribution in [0.2, 0.25) is 0 Å². The Bertz CT molecular complexity index is 1210. The summed E-state index contributed by atoms with van der Waals surface area (Å²) in [6.07, 6.45) is 3.40. The molecule has 1 atom stereocenters. The summed E-state index contributed by atoms with van der Waals surface area (Å²) >= 11 is 0.762. The van der Waals surface area contributed by atoms with Gasteiger partial charge in [-0.2, -0.15) is 4.39 Å². The Morgan fingerprint density at radius 3 is 2.58 bits per heavy atom. The molecule has 8 nitrogen and oxygen atoms in total. The topological polar surface area (TPSA) is 102 Å². The van der Waals surface area contributed by atoms with E-state index in [0.29, 0.717) is 31.1 Å². The standard InChI is InChI=1S/C26H28FN3O5S/c1-30(25(33)18(14-22(31)32)13-16-9-11-35-12-10-16)26-29-23(24(27)36-26)20-6-4-3-5-19(20)17-7-8-21(34-2)28-15-17/h3-8,15-16,18H,9-14H2,1-2H3,(H,31,32). The molecular weight excluding hydrogens is 485 g/mol. The highest BCUT2D eigenvalue weighted by Crippen LogP contribution is 2.38. The van der Waals surface area contributed by atoms with E-state index in [4.69, 9.17) is 9.47 Å². The molecule has 1 aliphatic rings. The summed E-state index contributed by atoms with van der Waals surface area (Å²) in [5, 5.41) is 9.05. The first-order valence-corrected chi connectivity index (χ1v) is 12.5. The van der Waals surface area contributed by atoms with Crippen LogP contribution < -0.4 is 9.64 Å². The van der Waals surface area contributed by atoms with Crippen LogP contribution >= 0.6 is 11.3 Å². The Labute approximate surface area is 212 Å². The number of rotatable bonds is 9. The number of benzene rings is 1. The van der Waals surface area contributed by atoms with E-state index in [1.54, 1.807) is 24.4 Å². The lowest BCUT2D eigenvalue weighted by molar-refractivity contribution is -0.141. The number of carbonyl (C=O) groups excluding carboxylic acids is 1. The van der Waals surface area contributed by atoms with Crippen molar-refractivity contribution in [3.05, 3.63) is 47.7 Å². The molecule has 1 aliphatic heterocycles. The number of anilines is 1. The van der Waals surface area contributed by atoms with Crippen molar-refractivity contribution < 1.29 is 28.6 Å². The number of hydrogen-bond acceptors (Lipinski definition) is 7. The maximum atomic E-state index is 15.2. The van der Waals surface area contributed by atoms with Gasteiger partial charge in [0.1, 0.15) is 5.69 Å². The second kappa shape index (κ2) is 11.6. The van der Waals surface area contributed by atoms with Crippen LogP contribution in [0.15, 0.2) is 42.6 Å². The van der Waals surface area contributed by atoms with Gasteiger partial charge in [0.25, 0.3) is 0 Å². The number of carboxylic acid groups (broad SMARTS) is 1. The van der Waals surface area contributed by atoms with E-state index in [0.717, 1.165) is 35.3 Å². The van der Waals surface area contributed by atoms with Gasteiger partial charge in [-0.3, -0.25) is 14.5 Å². The lowest BCUT2D eigenvalue weighted by Crippen LogP contribution is -2.35. The van der Waals surface area contributed by atoms with Gasteiger partial charge in [-0.25, -0.2) is 9.97 Å². The van der Waals surface area contributed by atoms with E-state index in [2.05, 4.69) is 9.97 Å². The molecule has 2 aromatic heterocycles. The molecule has 0 radical (unpaired) electrons. The fraction of sp³-hybridized carbons (Fsp3) is 0.385. The summed E-state index contributed by atoms with van der Waals surface area (Å²) in [6, 6.07) is 10.8. The fourth-order valence-corrected chi connectivity index (χ4v) is 5.21. The molecule has 10 heteroatoms. The SMILES string of the molecule is COc1ccc(-c2ccccc2-c2nc(N(C)C(=O)C(CC(=O)O)CC3CCOCC3)sc2F)cn1. The number of halogens is 1. The van der Waals surface area contributed by atoms with E-state index >= 15 is 4.39 Å². The summed E-state index contributed by atoms with van der Waals surface area (Å²) in [5.41, 5.74) is 2.19. The number of pyridine rings is 1. The molecule has 4 rings (SSSR count). The molecule has 36 heavy (non-hydrogen) atoms. The van der Waals surface area contributed by atoms with Crippen molar-refractivity contribution in [2.24, 2.45) is 11.8 Å². The first-order valence-electron chi connectivity index (χ1n) is 11.7. The third kappa shape index (κ3) is 5.88. The van der Waals surface area contributed by atoms with E-state index in [9.17, 15) is 14.7 Å². The van der Waals surface area contributed by atoms with Crippen molar-refractivity contribution >= 4 is 28.3 Å². The predicted octanol–water partition coefficient (Wildman–Crippen LogP) is 4.89. The smallest absolute Gasteiger partial charge is 0.304 e. The van der Waals surface area contributed by atoms with E-state index in [1.807, 2.05) is 18.2 Å². The van der Waals surface area contributed by atoms with Crippen molar-refractivity contribution in [3.63, 3.8) is 0 Å². The van der Waals surface area contributed by atoms with Gasteiger partial charge < -0.3 is 14.6 Å². The first kappa shape index (κ1) is 25.7. The van der Waals surface area contributed by atoms with Crippen molar-refractivity contribution in [3.8, 4) is 28.3 Å². The van der Waals surface area contributed by atoms with Crippen LogP contribution in [0.25, 0.3) is 22.4 Å². The minimum Gasteiger partial charge on any atom is -0.481 e. The van der Waals surface area contributed by atoms with E-state index < -0.39 is 17.0 Å². The lowest BCUT2D eigenvalue weighted by Gasteiger charge is -2.27. The summed E-state index contributed by atoms with van der Waals surface area (Å²) in [6.45, 7) is 1.22. The Morgan fingerprint density at radius 1 is 1.22 bits per heavy atom. The van der Waals surface area contributed by atoms with Gasteiger partial charge in [0, 0.05) is 49.6 Å². The quantitative estimate of drug-likeness (QED) is 0.435. The molecule has 3 aromatic rings. The van der Waals surface area contributed by atoms with E-state index in [-0.39, 0.29) is 29.1 Å². The number of methoxy groups -OCH3 is 1. The second-order valence-electron chi connectivity index (χ2n) is 8.74. The molecule has 1 N–H and O–H groups in total. The highest BCUT2D eigenvalue weighted by Gasteiger charge is 2.31. The van der Waals surface area contributed by atoms with Gasteiger partial charge in [-0.05, 0) is 36.8 Å². The molecule has 0 bridgehead atoms. The average Bonchev–Trinajstić information content (AvgIpc) is 3.29. The average molecular weight is 514 g/mol. The zero-order chi connectivity index (χ0) is 25.7. The van der Waals surface area contributed by atoms with Crippen molar-refractivity contribution in [2.45, 2.75) is 25.7 Å². The van der Waals surface area contributed by atoms with Gasteiger partial charge in [-0.15, -0.1) is 0 Å². The molecule has 1 aromatic carbocycles. The highest BCUT2D eigenvalue weighted by atomic mass is 32.1. The zero-order valence-corrected chi connectivity index (χ0v) is 21.0. The zero-order valence-electron chi connectivity index (χ0n) is 20.1. The minimum absolute atomic E-state index is 0.125. The summed E-state index contributed by atoms with van der Waals surface area (Å²) < 4.78 is 25.7. The molecule has 0 saturated carbocycles. The van der Waals surface area contributed by atoms with Crippen molar-refractivity contribution in [1.29, 1.82) is 0 Å². The molecular formula is C26H28FN3O5S. The number of ether oxygens (including phenoxy) is 2. The maximum Gasteiger partial charge on any atom is 0.304 e. The van der Waals surface area contributed by atoms with Crippen LogP contribution in [0.3, 0.4) is 0 Å². The van der Waals surface area contributed by atoms with Crippen molar-refractivity contribution in [1.82, 2.24) is 9.97 Å². The number of amides is 1. The lowest BCUT2D eigenvalue weighted by atomic mass is 9.86. The van der Waals surface area contributed by atoms with Gasteiger partial charge >= 0.3 is 5.97 Å². The third-order valence-corrected chi connectivity index (χ3v) is 7.28. The monoisotopic (exact) mass is 513 g/mol. The Kier molecular flexibility index (Phi) is 8.27. The fourth-order valence-electron chi connectivity index (χ4n) is 4.44. The Balaban J connectivity index is 1.60. The summed E-state index contributed by atoms with van der Waals surface area (Å²) in [5.74, 6) is -1.45. The van der Waals surface area contributed by atoms with E-state index in [1.165, 1.54) is 19.1 Å². The maximum absolute atomic E-state index is 15.2. The second-order valence-corrected chi connectivity index (χ2v) is 9.66. The van der Waals surface area contributed by atoms with Gasteiger partial charge in [0.15, 0.2) is 5.13 Å². The molecule has 1 fully saturated rings. The van der Waals surface area contributed by atoms with Gasteiger partial charge in [-0.1, -0.05) is 35.6 Å². The number of hydrogen-bond donors (Lipinski definition) is 1. The van der Waals surface area contributed by atoms with Crippen molar-refractivity contribution in [2.75, 3.05) is 32.3 Å². The van der Waals surface area contributed by atoms with Crippen LogP contribution in [-0.2, 0) is 14.3 Å². The van der Waals surface area contributed by atoms with Crippen LogP contribution in [0, 0.1) is 17.0 Å². The molecule has 0 aliphatic carbocycles. The van der Waals surface area contributed by atoms with Crippen LogP contribution in [-0.4, -0.2) is 54.3 Å². The van der Waals surface area contributed by atoms with Crippen LogP contribution in [0.4, 0.5) is 9.52 Å². The molecule has 190 valence electrons. The largest absolute Gasteiger partial charge is 0.481 e. The number of aromatic nitrogens is 2. The summed E-state index contributed by atoms with van der Waals surface area (Å²) in [4.78, 5) is 34.8. The Hall–Kier alpha value is -3.37. The number of carboxylic acids is 1. The number of nitrogens with zero attached hydrogens (tertiary/aromatic N) is 3. The normalized spacial score (nSPS) is 14.9. The molecule has 3 heterocycles. The minimum atomic E-state index is -1.04.